The van der Waals surface area contributed by atoms with E-state index in [1.165, 1.54) is 12.1 Å². The first-order valence-corrected chi connectivity index (χ1v) is 6.29. The Bertz CT molecular complexity index is 399. The fourth-order valence-corrected chi connectivity index (χ4v) is 1.61. The predicted molar refractivity (Wildman–Crippen MR) is 69.2 cm³/mol. The van der Waals surface area contributed by atoms with E-state index >= 15 is 0 Å². The Morgan fingerprint density at radius 1 is 1.50 bits per heavy atom. The molecule has 5 heteroatoms. The molecule has 0 spiro atoms. The Balaban J connectivity index is 2.31. The molecule has 3 nitrogen and oxygen atoms in total. The van der Waals surface area contributed by atoms with Gasteiger partial charge >= 0.3 is 0 Å². The van der Waals surface area contributed by atoms with Gasteiger partial charge < -0.3 is 10.1 Å². The normalized spacial score (nSPS) is 10.4. The second-order valence-corrected chi connectivity index (χ2v) is 4.25. The lowest BCUT2D eigenvalue weighted by Gasteiger charge is -2.06. The number of carbonyl (C=O) groups excluding carboxylic acids is 1. The molecule has 0 aliphatic rings. The molecule has 0 unspecified atom stereocenters. The van der Waals surface area contributed by atoms with E-state index in [1.54, 1.807) is 6.07 Å². The summed E-state index contributed by atoms with van der Waals surface area (Å²) >= 11 is 5.63. The molecule has 1 aromatic carbocycles. The third-order valence-electron chi connectivity index (χ3n) is 2.36. The van der Waals surface area contributed by atoms with E-state index in [2.05, 4.69) is 5.32 Å². The maximum absolute atomic E-state index is 13.4. The molecule has 1 N–H and O–H groups in total. The number of ether oxygens (including phenoxy) is 1. The van der Waals surface area contributed by atoms with Gasteiger partial charge in [-0.25, -0.2) is 4.39 Å². The highest BCUT2D eigenvalue weighted by molar-refractivity contribution is 6.30. The molecule has 1 aromatic rings. The fourth-order valence-electron chi connectivity index (χ4n) is 1.45. The van der Waals surface area contributed by atoms with Gasteiger partial charge in [0.05, 0.1) is 6.42 Å². The van der Waals surface area contributed by atoms with E-state index in [1.807, 2.05) is 6.92 Å². The Morgan fingerprint density at radius 2 is 2.28 bits per heavy atom. The van der Waals surface area contributed by atoms with Gasteiger partial charge in [-0.2, -0.15) is 0 Å². The molecule has 1 amide bonds. The molecule has 0 radical (unpaired) electrons. The van der Waals surface area contributed by atoms with Crippen molar-refractivity contribution in [1.82, 2.24) is 5.32 Å². The average Bonchev–Trinajstić information content (AvgIpc) is 2.32. The largest absolute Gasteiger partial charge is 0.382 e. The van der Waals surface area contributed by atoms with Gasteiger partial charge in [0.2, 0.25) is 5.91 Å². The van der Waals surface area contributed by atoms with Gasteiger partial charge in [-0.05, 0) is 31.0 Å². The summed E-state index contributed by atoms with van der Waals surface area (Å²) in [6.07, 6.45) is 0.778. The molecule has 0 aliphatic heterocycles. The van der Waals surface area contributed by atoms with E-state index in [0.717, 1.165) is 6.42 Å². The van der Waals surface area contributed by atoms with E-state index in [4.69, 9.17) is 16.3 Å². The Morgan fingerprint density at radius 3 is 2.94 bits per heavy atom. The van der Waals surface area contributed by atoms with Gasteiger partial charge in [-0.3, -0.25) is 4.79 Å². The van der Waals surface area contributed by atoms with Gasteiger partial charge in [-0.15, -0.1) is 0 Å². The molecule has 0 atom stereocenters. The molecule has 0 heterocycles. The zero-order valence-electron chi connectivity index (χ0n) is 10.3. The SMILES string of the molecule is CCOCCCNC(=O)Cc1ccc(Cl)cc1F. The van der Waals surface area contributed by atoms with E-state index in [9.17, 15) is 9.18 Å². The van der Waals surface area contributed by atoms with Gasteiger partial charge in [-0.1, -0.05) is 17.7 Å². The van der Waals surface area contributed by atoms with Crippen LogP contribution >= 0.6 is 11.6 Å². The molecular formula is C13H17ClFNO2. The van der Waals surface area contributed by atoms with Crippen LogP contribution in [0.25, 0.3) is 0 Å². The molecule has 0 saturated carbocycles. The average molecular weight is 274 g/mol. The molecule has 0 bridgehead atoms. The number of benzene rings is 1. The van der Waals surface area contributed by atoms with E-state index in [-0.39, 0.29) is 12.3 Å². The highest BCUT2D eigenvalue weighted by Crippen LogP contribution is 2.14. The molecule has 18 heavy (non-hydrogen) atoms. The molecule has 100 valence electrons. The van der Waals surface area contributed by atoms with Gasteiger partial charge in [0.15, 0.2) is 0 Å². The predicted octanol–water partition coefficient (Wildman–Crippen LogP) is 2.56. The van der Waals surface area contributed by atoms with Crippen LogP contribution in [0.4, 0.5) is 4.39 Å². The van der Waals surface area contributed by atoms with Crippen molar-refractivity contribution >= 4 is 17.5 Å². The Hall–Kier alpha value is -1.13. The van der Waals surface area contributed by atoms with Crippen molar-refractivity contribution in [3.05, 3.63) is 34.6 Å². The minimum Gasteiger partial charge on any atom is -0.382 e. The van der Waals surface area contributed by atoms with Gasteiger partial charge in [0.25, 0.3) is 0 Å². The summed E-state index contributed by atoms with van der Waals surface area (Å²) in [7, 11) is 0. The Labute approximate surface area is 111 Å². The smallest absolute Gasteiger partial charge is 0.224 e. The molecule has 0 fully saturated rings. The summed E-state index contributed by atoms with van der Waals surface area (Å²) < 4.78 is 18.6. The van der Waals surface area contributed by atoms with Crippen molar-refractivity contribution < 1.29 is 13.9 Å². The number of rotatable bonds is 7. The van der Waals surface area contributed by atoms with Crippen molar-refractivity contribution in [3.63, 3.8) is 0 Å². The molecule has 0 saturated heterocycles. The van der Waals surface area contributed by atoms with Crippen LogP contribution in [0.1, 0.15) is 18.9 Å². The summed E-state index contributed by atoms with van der Waals surface area (Å²) in [6, 6.07) is 4.30. The van der Waals surface area contributed by atoms with Crippen LogP contribution in [0.2, 0.25) is 5.02 Å². The number of nitrogens with one attached hydrogen (secondary N) is 1. The first-order valence-electron chi connectivity index (χ1n) is 5.92. The monoisotopic (exact) mass is 273 g/mol. The van der Waals surface area contributed by atoms with Gasteiger partial charge in [0.1, 0.15) is 5.82 Å². The number of hydrogen-bond donors (Lipinski definition) is 1. The van der Waals surface area contributed by atoms with Crippen molar-refractivity contribution in [2.75, 3.05) is 19.8 Å². The van der Waals surface area contributed by atoms with E-state index < -0.39 is 5.82 Å². The van der Waals surface area contributed by atoms with Crippen molar-refractivity contribution in [2.45, 2.75) is 19.8 Å². The lowest BCUT2D eigenvalue weighted by Crippen LogP contribution is -2.27. The minimum absolute atomic E-state index is 0.0254. The van der Waals surface area contributed by atoms with Crippen LogP contribution in [-0.4, -0.2) is 25.7 Å². The number of amides is 1. The standard InChI is InChI=1S/C13H17ClFNO2/c1-2-18-7-3-6-16-13(17)8-10-4-5-11(14)9-12(10)15/h4-5,9H,2-3,6-8H2,1H3,(H,16,17). The highest BCUT2D eigenvalue weighted by atomic mass is 35.5. The molecule has 0 aliphatic carbocycles. The fraction of sp³-hybridized carbons (Fsp3) is 0.462. The van der Waals surface area contributed by atoms with E-state index in [0.29, 0.717) is 30.3 Å². The van der Waals surface area contributed by atoms with Crippen LogP contribution in [0.15, 0.2) is 18.2 Å². The quantitative estimate of drug-likeness (QED) is 0.776. The van der Waals surface area contributed by atoms with Crippen LogP contribution in [0, 0.1) is 5.82 Å². The Kier molecular flexibility index (Phi) is 6.68. The molecule has 0 aromatic heterocycles. The second-order valence-electron chi connectivity index (χ2n) is 3.81. The zero-order valence-corrected chi connectivity index (χ0v) is 11.1. The van der Waals surface area contributed by atoms with Crippen molar-refractivity contribution in [3.8, 4) is 0 Å². The summed E-state index contributed by atoms with van der Waals surface area (Å²) in [5, 5.41) is 3.04. The lowest BCUT2D eigenvalue weighted by atomic mass is 10.1. The van der Waals surface area contributed by atoms with Crippen LogP contribution in [-0.2, 0) is 16.0 Å². The zero-order chi connectivity index (χ0) is 13.4. The summed E-state index contributed by atoms with van der Waals surface area (Å²) in [6.45, 7) is 3.74. The maximum Gasteiger partial charge on any atom is 0.224 e. The third-order valence-corrected chi connectivity index (χ3v) is 2.59. The molecular weight excluding hydrogens is 257 g/mol. The minimum atomic E-state index is -0.452. The topological polar surface area (TPSA) is 38.3 Å². The first kappa shape index (κ1) is 14.9. The number of hydrogen-bond acceptors (Lipinski definition) is 2. The maximum atomic E-state index is 13.4. The number of carbonyl (C=O) groups is 1. The summed E-state index contributed by atoms with van der Waals surface area (Å²) in [4.78, 5) is 11.5. The lowest BCUT2D eigenvalue weighted by molar-refractivity contribution is -0.120. The van der Waals surface area contributed by atoms with Crippen LogP contribution in [0.3, 0.4) is 0 Å². The highest BCUT2D eigenvalue weighted by Gasteiger charge is 2.08. The molecule has 1 rings (SSSR count). The second kappa shape index (κ2) is 8.06. The summed E-state index contributed by atoms with van der Waals surface area (Å²) in [5.74, 6) is -0.653. The van der Waals surface area contributed by atoms with Gasteiger partial charge in [0, 0.05) is 24.8 Å². The number of halogens is 2. The first-order chi connectivity index (χ1) is 8.63. The van der Waals surface area contributed by atoms with Crippen molar-refractivity contribution in [2.24, 2.45) is 0 Å². The summed E-state index contributed by atoms with van der Waals surface area (Å²) in [5.41, 5.74) is 0.349. The van der Waals surface area contributed by atoms with Crippen LogP contribution in [0.5, 0.6) is 0 Å². The van der Waals surface area contributed by atoms with Crippen LogP contribution < -0.4 is 5.32 Å². The third kappa shape index (κ3) is 5.47. The van der Waals surface area contributed by atoms with Crippen molar-refractivity contribution in [1.29, 1.82) is 0 Å².